The van der Waals surface area contributed by atoms with Crippen molar-refractivity contribution in [3.8, 4) is 0 Å². The van der Waals surface area contributed by atoms with Crippen molar-refractivity contribution < 1.29 is 38.5 Å². The molecule has 1 rings (SSSR count). The Hall–Kier alpha value is -2.77. The van der Waals surface area contributed by atoms with Gasteiger partial charge in [0.25, 0.3) is 0 Å². The average molecular weight is 426 g/mol. The van der Waals surface area contributed by atoms with E-state index >= 15 is 0 Å². The number of carbonyl (C=O) groups is 3. The van der Waals surface area contributed by atoms with Gasteiger partial charge in [0.2, 0.25) is 0 Å². The van der Waals surface area contributed by atoms with Gasteiger partial charge in [0, 0.05) is 5.41 Å². The molecule has 0 aliphatic heterocycles. The standard InChI is InChI=1S/C22H28F2O6/c1-4-16(21(5-2,6-3)22(23,24)19(29)30)14-20(17(25)26,18(27)28)13-12-15-10-8-7-9-11-15/h7-13,16H,4-6,14H2,1-3H3,(H,25,26)(H,27,28)(H,29,30)/b13-12+. The van der Waals surface area contributed by atoms with Crippen LogP contribution in [0, 0.1) is 16.7 Å². The molecule has 8 heteroatoms. The van der Waals surface area contributed by atoms with Gasteiger partial charge in [-0.25, -0.2) is 4.79 Å². The third kappa shape index (κ3) is 4.52. The van der Waals surface area contributed by atoms with Crippen molar-refractivity contribution in [2.45, 2.75) is 52.4 Å². The zero-order chi connectivity index (χ0) is 23.2. The van der Waals surface area contributed by atoms with E-state index in [9.17, 15) is 33.4 Å². The van der Waals surface area contributed by atoms with Crippen LogP contribution >= 0.6 is 0 Å². The number of aliphatic carboxylic acids is 3. The Morgan fingerprint density at radius 2 is 1.43 bits per heavy atom. The molecule has 0 fully saturated rings. The minimum atomic E-state index is -4.15. The van der Waals surface area contributed by atoms with Crippen LogP contribution in [0.4, 0.5) is 8.78 Å². The molecule has 0 saturated heterocycles. The lowest BCUT2D eigenvalue weighted by molar-refractivity contribution is -0.202. The van der Waals surface area contributed by atoms with Crippen LogP contribution in [0.3, 0.4) is 0 Å². The fraction of sp³-hybridized carbons (Fsp3) is 0.500. The Labute approximate surface area is 174 Å². The normalized spacial score (nSPS) is 13.9. The fourth-order valence-electron chi connectivity index (χ4n) is 4.14. The lowest BCUT2D eigenvalue weighted by Crippen LogP contribution is -2.53. The molecule has 0 spiro atoms. The van der Waals surface area contributed by atoms with Gasteiger partial charge in [-0.1, -0.05) is 69.7 Å². The molecule has 0 radical (unpaired) electrons. The molecule has 3 N–H and O–H groups in total. The molecule has 1 aromatic rings. The fourth-order valence-corrected chi connectivity index (χ4v) is 4.14. The summed E-state index contributed by atoms with van der Waals surface area (Å²) in [6.45, 7) is 4.34. The van der Waals surface area contributed by atoms with Gasteiger partial charge in [0.05, 0.1) is 0 Å². The highest BCUT2D eigenvalue weighted by atomic mass is 19.3. The Kier molecular flexibility index (Phi) is 8.27. The molecule has 6 nitrogen and oxygen atoms in total. The first-order valence-corrected chi connectivity index (χ1v) is 9.77. The molecule has 1 atom stereocenters. The summed E-state index contributed by atoms with van der Waals surface area (Å²) in [6.07, 6.45) is 1.14. The molecule has 0 bridgehead atoms. The van der Waals surface area contributed by atoms with Crippen LogP contribution in [0.2, 0.25) is 0 Å². The van der Waals surface area contributed by atoms with E-state index in [0.717, 1.165) is 6.08 Å². The summed E-state index contributed by atoms with van der Waals surface area (Å²) >= 11 is 0. The number of carboxylic acid groups (broad SMARTS) is 3. The molecule has 1 unspecified atom stereocenters. The number of alkyl halides is 2. The van der Waals surface area contributed by atoms with Gasteiger partial charge in [-0.15, -0.1) is 0 Å². The molecule has 0 aliphatic carbocycles. The second kappa shape index (κ2) is 9.82. The quantitative estimate of drug-likeness (QED) is 0.414. The molecule has 0 saturated carbocycles. The maximum atomic E-state index is 14.8. The Bertz CT molecular complexity index is 770. The summed E-state index contributed by atoms with van der Waals surface area (Å²) in [4.78, 5) is 35.5. The summed E-state index contributed by atoms with van der Waals surface area (Å²) in [5.74, 6) is -11.0. The molecule has 0 amide bonds. The predicted molar refractivity (Wildman–Crippen MR) is 107 cm³/mol. The van der Waals surface area contributed by atoms with Crippen LogP contribution in [-0.2, 0) is 14.4 Å². The number of rotatable bonds is 12. The largest absolute Gasteiger partial charge is 0.480 e. The van der Waals surface area contributed by atoms with E-state index in [1.54, 1.807) is 30.3 Å². The predicted octanol–water partition coefficient (Wildman–Crippen LogP) is 4.80. The van der Waals surface area contributed by atoms with E-state index in [1.807, 2.05) is 0 Å². The molecule has 1 aromatic carbocycles. The van der Waals surface area contributed by atoms with Gasteiger partial charge in [-0.05, 0) is 30.7 Å². The van der Waals surface area contributed by atoms with E-state index < -0.39 is 47.0 Å². The second-order valence-electron chi connectivity index (χ2n) is 7.38. The van der Waals surface area contributed by atoms with Crippen molar-refractivity contribution in [2.75, 3.05) is 0 Å². The lowest BCUT2D eigenvalue weighted by Gasteiger charge is -2.44. The van der Waals surface area contributed by atoms with Crippen LogP contribution in [0.25, 0.3) is 6.08 Å². The van der Waals surface area contributed by atoms with Crippen LogP contribution < -0.4 is 0 Å². The average Bonchev–Trinajstić information content (AvgIpc) is 2.70. The molecule has 0 heterocycles. The Morgan fingerprint density at radius 1 is 0.933 bits per heavy atom. The molecule has 0 aliphatic rings. The van der Waals surface area contributed by atoms with Gasteiger partial charge in [0.1, 0.15) is 0 Å². The number of carboxylic acids is 3. The van der Waals surface area contributed by atoms with Gasteiger partial charge in [0.15, 0.2) is 5.41 Å². The van der Waals surface area contributed by atoms with Crippen molar-refractivity contribution in [3.63, 3.8) is 0 Å². The minimum Gasteiger partial charge on any atom is -0.480 e. The highest BCUT2D eigenvalue weighted by Gasteiger charge is 2.62. The summed E-state index contributed by atoms with van der Waals surface area (Å²) in [7, 11) is 0. The van der Waals surface area contributed by atoms with E-state index in [1.165, 1.54) is 26.8 Å². The Morgan fingerprint density at radius 3 is 1.80 bits per heavy atom. The number of halogens is 2. The number of benzene rings is 1. The molecule has 0 aromatic heterocycles. The van der Waals surface area contributed by atoms with Crippen LogP contribution in [0.5, 0.6) is 0 Å². The molecule has 166 valence electrons. The first kappa shape index (κ1) is 25.3. The monoisotopic (exact) mass is 426 g/mol. The van der Waals surface area contributed by atoms with Gasteiger partial charge in [-0.2, -0.15) is 8.78 Å². The maximum absolute atomic E-state index is 14.8. The van der Waals surface area contributed by atoms with Crippen molar-refractivity contribution in [2.24, 2.45) is 16.7 Å². The van der Waals surface area contributed by atoms with Gasteiger partial charge in [-0.3, -0.25) is 9.59 Å². The van der Waals surface area contributed by atoms with Gasteiger partial charge < -0.3 is 15.3 Å². The molecule has 30 heavy (non-hydrogen) atoms. The smallest absolute Gasteiger partial charge is 0.375 e. The molecular weight excluding hydrogens is 398 g/mol. The number of hydrogen-bond donors (Lipinski definition) is 3. The van der Waals surface area contributed by atoms with Crippen LogP contribution in [0.15, 0.2) is 36.4 Å². The highest BCUT2D eigenvalue weighted by molar-refractivity contribution is 6.01. The van der Waals surface area contributed by atoms with E-state index in [0.29, 0.717) is 5.56 Å². The molecular formula is C22H28F2O6. The van der Waals surface area contributed by atoms with Crippen molar-refractivity contribution in [3.05, 3.63) is 42.0 Å². The van der Waals surface area contributed by atoms with Gasteiger partial charge >= 0.3 is 23.8 Å². The van der Waals surface area contributed by atoms with E-state index in [-0.39, 0.29) is 19.3 Å². The van der Waals surface area contributed by atoms with Crippen molar-refractivity contribution in [1.82, 2.24) is 0 Å². The third-order valence-electron chi connectivity index (χ3n) is 6.12. The summed E-state index contributed by atoms with van der Waals surface area (Å²) in [5, 5.41) is 28.8. The van der Waals surface area contributed by atoms with E-state index in [2.05, 4.69) is 0 Å². The van der Waals surface area contributed by atoms with Crippen molar-refractivity contribution in [1.29, 1.82) is 0 Å². The zero-order valence-corrected chi connectivity index (χ0v) is 17.3. The summed E-state index contributed by atoms with van der Waals surface area (Å²) < 4.78 is 29.6. The zero-order valence-electron chi connectivity index (χ0n) is 17.3. The first-order chi connectivity index (χ1) is 13.9. The first-order valence-electron chi connectivity index (χ1n) is 9.77. The Balaban J connectivity index is 3.58. The minimum absolute atomic E-state index is 0.00790. The summed E-state index contributed by atoms with van der Waals surface area (Å²) in [6, 6.07) is 8.39. The maximum Gasteiger partial charge on any atom is 0.375 e. The third-order valence-corrected chi connectivity index (χ3v) is 6.12. The SMILES string of the molecule is CCC(CC(/C=C/c1ccccc1)(C(=O)O)C(=O)O)C(CC)(CC)C(F)(F)C(=O)O. The lowest BCUT2D eigenvalue weighted by atomic mass is 9.60. The van der Waals surface area contributed by atoms with E-state index in [4.69, 9.17) is 5.11 Å². The number of hydrogen-bond acceptors (Lipinski definition) is 3. The second-order valence-corrected chi connectivity index (χ2v) is 7.38. The van der Waals surface area contributed by atoms with Crippen LogP contribution in [0.1, 0.15) is 52.0 Å². The topological polar surface area (TPSA) is 112 Å². The highest BCUT2D eigenvalue weighted by Crippen LogP contribution is 2.53. The van der Waals surface area contributed by atoms with Crippen LogP contribution in [-0.4, -0.2) is 39.2 Å². The van der Waals surface area contributed by atoms with Crippen molar-refractivity contribution >= 4 is 24.0 Å². The summed E-state index contributed by atoms with van der Waals surface area (Å²) in [5.41, 5.74) is -4.03.